The number of fused-ring (bicyclic) bond motifs is 4. The molecular weight excluding hydrogens is 453 g/mol. The number of nitrogens with one attached hydrogen (secondary N) is 1. The van der Waals surface area contributed by atoms with Gasteiger partial charge in [0.1, 0.15) is 29.7 Å². The lowest BCUT2D eigenvalue weighted by Gasteiger charge is -2.43. The van der Waals surface area contributed by atoms with Crippen molar-refractivity contribution in [2.24, 2.45) is 5.92 Å². The lowest BCUT2D eigenvalue weighted by atomic mass is 9.98. The van der Waals surface area contributed by atoms with Crippen LogP contribution in [0.3, 0.4) is 0 Å². The second-order valence-corrected chi connectivity index (χ2v) is 9.04. The van der Waals surface area contributed by atoms with Gasteiger partial charge in [0.15, 0.2) is 11.4 Å². The number of nitrogens with zero attached hydrogens (tertiary/aromatic N) is 3. The Morgan fingerprint density at radius 2 is 1.82 bits per heavy atom. The molecule has 1 unspecified atom stereocenters. The molecule has 0 saturated carbocycles. The maximum absolute atomic E-state index is 13.9. The number of aromatic hydroxyl groups is 1. The normalized spacial score (nSPS) is 19.8. The maximum Gasteiger partial charge on any atom is 0.278 e. The molecule has 2 aliphatic rings. The van der Waals surface area contributed by atoms with Gasteiger partial charge in [-0.2, -0.15) is 0 Å². The summed E-state index contributed by atoms with van der Waals surface area (Å²) in [7, 11) is 0. The summed E-state index contributed by atoms with van der Waals surface area (Å²) >= 11 is 0. The van der Waals surface area contributed by atoms with Crippen LogP contribution >= 0.6 is 0 Å². The predicted molar refractivity (Wildman–Crippen MR) is 116 cm³/mol. The van der Waals surface area contributed by atoms with Crippen molar-refractivity contribution in [3.63, 3.8) is 0 Å². The molecule has 2 bridgehead atoms. The molecule has 3 heterocycles. The number of hydrogen-bond acceptors (Lipinski definition) is 5. The molecule has 0 radical (unpaired) electrons. The number of halogens is 3. The van der Waals surface area contributed by atoms with E-state index in [2.05, 4.69) is 5.32 Å². The molecule has 1 aromatic heterocycles. The summed E-state index contributed by atoms with van der Waals surface area (Å²) in [5.41, 5.74) is -2.38. The molecule has 34 heavy (non-hydrogen) atoms. The Morgan fingerprint density at radius 3 is 2.44 bits per heavy atom. The zero-order chi connectivity index (χ0) is 24.9. The van der Waals surface area contributed by atoms with Crippen molar-refractivity contribution in [1.82, 2.24) is 14.9 Å². The van der Waals surface area contributed by atoms with Crippen LogP contribution in [-0.4, -0.2) is 45.2 Å². The van der Waals surface area contributed by atoms with Crippen LogP contribution < -0.4 is 15.8 Å². The van der Waals surface area contributed by atoms with Gasteiger partial charge in [-0.3, -0.25) is 24.1 Å². The second kappa shape index (κ2) is 8.69. The summed E-state index contributed by atoms with van der Waals surface area (Å²) < 4.78 is 42.3. The third-order valence-corrected chi connectivity index (χ3v) is 6.54. The van der Waals surface area contributed by atoms with Gasteiger partial charge >= 0.3 is 0 Å². The molecule has 2 aliphatic heterocycles. The van der Waals surface area contributed by atoms with Gasteiger partial charge in [-0.05, 0) is 25.7 Å². The molecular formula is C23H25F3N4O4. The maximum atomic E-state index is 13.9. The third kappa shape index (κ3) is 3.88. The highest BCUT2D eigenvalue weighted by atomic mass is 19.1. The minimum absolute atomic E-state index is 0.0421. The van der Waals surface area contributed by atoms with Crippen LogP contribution in [0.25, 0.3) is 0 Å². The van der Waals surface area contributed by atoms with Crippen molar-refractivity contribution < 1.29 is 27.9 Å². The molecule has 8 nitrogen and oxygen atoms in total. The van der Waals surface area contributed by atoms with Crippen molar-refractivity contribution >= 4 is 11.8 Å². The molecule has 4 rings (SSSR count). The molecule has 1 aromatic carbocycles. The van der Waals surface area contributed by atoms with E-state index in [0.29, 0.717) is 12.1 Å². The molecule has 2 amide bonds. The zero-order valence-electron chi connectivity index (χ0n) is 18.9. The first-order valence-electron chi connectivity index (χ1n) is 11.0. The van der Waals surface area contributed by atoms with Crippen LogP contribution in [-0.2, 0) is 6.54 Å². The number of amides is 2. The number of benzene rings is 1. The van der Waals surface area contributed by atoms with Gasteiger partial charge in [-0.1, -0.05) is 13.8 Å². The van der Waals surface area contributed by atoms with E-state index in [0.717, 1.165) is 12.8 Å². The predicted octanol–water partition coefficient (Wildman–Crippen LogP) is 2.46. The topological polar surface area (TPSA) is 94.9 Å². The van der Waals surface area contributed by atoms with Crippen LogP contribution in [0.1, 0.15) is 60.0 Å². The SMILES string of the molecule is CC(C)C1CC[C@H](C)N2CN1n1cc(C(=O)NCc3c(F)cc(F)cc3F)c(=O)c(O)c1C2=O. The number of carbonyl (C=O) groups excluding carboxylic acids is 2. The average molecular weight is 478 g/mol. The van der Waals surface area contributed by atoms with E-state index in [-0.39, 0.29) is 30.4 Å². The van der Waals surface area contributed by atoms with Crippen LogP contribution in [0.15, 0.2) is 23.1 Å². The monoisotopic (exact) mass is 478 g/mol. The number of rotatable bonds is 4. The summed E-state index contributed by atoms with van der Waals surface area (Å²) in [4.78, 5) is 40.3. The van der Waals surface area contributed by atoms with Crippen LogP contribution in [0.5, 0.6) is 5.75 Å². The minimum Gasteiger partial charge on any atom is -0.502 e. The van der Waals surface area contributed by atoms with Gasteiger partial charge in [0.25, 0.3) is 11.8 Å². The van der Waals surface area contributed by atoms with Crippen molar-refractivity contribution in [1.29, 1.82) is 0 Å². The fourth-order valence-corrected chi connectivity index (χ4v) is 4.58. The Balaban J connectivity index is 1.73. The summed E-state index contributed by atoms with van der Waals surface area (Å²) in [6.45, 7) is 5.50. The van der Waals surface area contributed by atoms with Gasteiger partial charge in [0, 0.05) is 42.5 Å². The lowest BCUT2D eigenvalue weighted by Crippen LogP contribution is -2.58. The minimum atomic E-state index is -1.19. The quantitative estimate of drug-likeness (QED) is 0.704. The molecule has 1 saturated heterocycles. The number of pyridine rings is 1. The summed E-state index contributed by atoms with van der Waals surface area (Å²) in [6.07, 6.45) is 2.65. The molecule has 0 spiro atoms. The van der Waals surface area contributed by atoms with Crippen LogP contribution in [0.4, 0.5) is 13.2 Å². The van der Waals surface area contributed by atoms with Crippen molar-refractivity contribution in [3.8, 4) is 5.75 Å². The highest BCUT2D eigenvalue weighted by molar-refractivity contribution is 5.99. The summed E-state index contributed by atoms with van der Waals surface area (Å²) in [5, 5.41) is 14.7. The van der Waals surface area contributed by atoms with Gasteiger partial charge in [-0.25, -0.2) is 13.2 Å². The molecule has 2 N–H and O–H groups in total. The van der Waals surface area contributed by atoms with Gasteiger partial charge in [0.2, 0.25) is 5.43 Å². The zero-order valence-corrected chi connectivity index (χ0v) is 18.9. The van der Waals surface area contributed by atoms with Crippen LogP contribution in [0.2, 0.25) is 0 Å². The van der Waals surface area contributed by atoms with Gasteiger partial charge < -0.3 is 15.3 Å². The van der Waals surface area contributed by atoms with E-state index in [1.165, 1.54) is 10.9 Å². The Labute approximate surface area is 193 Å². The second-order valence-electron chi connectivity index (χ2n) is 9.04. The fraction of sp³-hybridized carbons (Fsp3) is 0.435. The lowest BCUT2D eigenvalue weighted by molar-refractivity contribution is 0.0623. The van der Waals surface area contributed by atoms with E-state index in [4.69, 9.17) is 0 Å². The molecule has 1 fully saturated rings. The Morgan fingerprint density at radius 1 is 1.18 bits per heavy atom. The Kier molecular flexibility index (Phi) is 6.05. The highest BCUT2D eigenvalue weighted by Crippen LogP contribution is 2.31. The highest BCUT2D eigenvalue weighted by Gasteiger charge is 2.41. The number of hydrogen-bond donors (Lipinski definition) is 2. The first-order chi connectivity index (χ1) is 16.0. The van der Waals surface area contributed by atoms with Crippen molar-refractivity contribution in [2.45, 2.75) is 52.2 Å². The third-order valence-electron chi connectivity index (χ3n) is 6.54. The van der Waals surface area contributed by atoms with Crippen molar-refractivity contribution in [2.75, 3.05) is 11.7 Å². The summed E-state index contributed by atoms with van der Waals surface area (Å²) in [6, 6.07) is 0.812. The molecule has 11 heteroatoms. The van der Waals surface area contributed by atoms with Crippen LogP contribution in [0, 0.1) is 23.4 Å². The standard InChI is InChI=1S/C23H25F3N4O4/c1-11(2)18-5-4-12(3)28-10-30(18)29-9-15(20(31)21(32)19(29)23(28)34)22(33)27-8-14-16(25)6-13(24)7-17(14)26/h6-7,9,11-12,18,32H,4-5,8,10H2,1-3H3,(H,27,33)/t12-,18?/m0/s1. The average Bonchev–Trinajstić information content (AvgIpc) is 2.90. The van der Waals surface area contributed by atoms with Gasteiger partial charge in [0.05, 0.1) is 0 Å². The number of carbonyl (C=O) groups is 2. The summed E-state index contributed by atoms with van der Waals surface area (Å²) in [5.74, 6) is -5.71. The molecule has 0 aliphatic carbocycles. The van der Waals surface area contributed by atoms with E-state index in [1.807, 2.05) is 25.8 Å². The molecule has 2 atom stereocenters. The van der Waals surface area contributed by atoms with Crippen molar-refractivity contribution in [3.05, 3.63) is 62.8 Å². The molecule has 2 aromatic rings. The molecule has 182 valence electrons. The smallest absolute Gasteiger partial charge is 0.278 e. The first-order valence-corrected chi connectivity index (χ1v) is 11.0. The first kappa shape index (κ1) is 23.7. The fourth-order valence-electron chi connectivity index (χ4n) is 4.58. The van der Waals surface area contributed by atoms with Gasteiger partial charge in [-0.15, -0.1) is 0 Å². The van der Waals surface area contributed by atoms with E-state index in [9.17, 15) is 32.7 Å². The largest absolute Gasteiger partial charge is 0.502 e. The Bertz CT molecular complexity index is 1210. The van der Waals surface area contributed by atoms with E-state index in [1.54, 1.807) is 4.90 Å². The number of aromatic nitrogens is 1. The Hall–Kier alpha value is -3.50. The van der Waals surface area contributed by atoms with E-state index >= 15 is 0 Å². The van der Waals surface area contributed by atoms with E-state index < -0.39 is 58.1 Å².